The predicted molar refractivity (Wildman–Crippen MR) is 104 cm³/mol. The van der Waals surface area contributed by atoms with Crippen molar-refractivity contribution in [2.75, 3.05) is 0 Å². The van der Waals surface area contributed by atoms with E-state index in [9.17, 15) is 4.79 Å². The number of H-pyrrole nitrogens is 1. The highest BCUT2D eigenvalue weighted by molar-refractivity contribution is 5.85. The molecule has 0 unspecified atom stereocenters. The van der Waals surface area contributed by atoms with E-state index in [0.29, 0.717) is 11.6 Å². The highest BCUT2D eigenvalue weighted by Crippen LogP contribution is 2.24. The molecule has 0 bridgehead atoms. The molecule has 1 N–H and O–H groups in total. The molecule has 0 spiro atoms. The van der Waals surface area contributed by atoms with Crippen molar-refractivity contribution in [3.05, 3.63) is 83.5 Å². The minimum Gasteiger partial charge on any atom is -0.333 e. The van der Waals surface area contributed by atoms with Gasteiger partial charge in [-0.25, -0.2) is 4.98 Å². The first-order valence-electron chi connectivity index (χ1n) is 8.61. The maximum Gasteiger partial charge on any atom is 0.265 e. The first-order valence-corrected chi connectivity index (χ1v) is 8.61. The molecule has 28 heavy (non-hydrogen) atoms. The van der Waals surface area contributed by atoms with Crippen LogP contribution in [0.1, 0.15) is 0 Å². The Hall–Kier alpha value is -4.13. The van der Waals surface area contributed by atoms with E-state index >= 15 is 0 Å². The molecule has 0 aliphatic carbocycles. The van der Waals surface area contributed by atoms with Crippen LogP contribution < -0.4 is 5.56 Å². The normalized spacial score (nSPS) is 11.0. The Morgan fingerprint density at radius 3 is 2.64 bits per heavy atom. The zero-order chi connectivity index (χ0) is 18.9. The fourth-order valence-electron chi connectivity index (χ4n) is 2.96. The van der Waals surface area contributed by atoms with E-state index < -0.39 is 0 Å². The minimum atomic E-state index is -0.339. The number of hydrogen-bond donors (Lipinski definition) is 1. The van der Waals surface area contributed by atoms with Gasteiger partial charge in [0.25, 0.3) is 11.4 Å². The number of aromatic amines is 1. The average Bonchev–Trinajstić information content (AvgIpc) is 3.24. The Morgan fingerprint density at radius 2 is 1.79 bits per heavy atom. The van der Waals surface area contributed by atoms with Gasteiger partial charge in [0.15, 0.2) is 0 Å². The van der Waals surface area contributed by atoms with E-state index in [2.05, 4.69) is 25.1 Å². The number of nitrogens with one attached hydrogen (secondary N) is 1. The van der Waals surface area contributed by atoms with E-state index in [1.807, 2.05) is 54.6 Å². The highest BCUT2D eigenvalue weighted by Gasteiger charge is 2.15. The average molecular weight is 367 g/mol. The Morgan fingerprint density at radius 1 is 0.893 bits per heavy atom. The summed E-state index contributed by atoms with van der Waals surface area (Å²) < 4.78 is 5.31. The number of rotatable bonds is 3. The van der Waals surface area contributed by atoms with Crippen LogP contribution in [0.3, 0.4) is 0 Å². The van der Waals surface area contributed by atoms with Gasteiger partial charge in [0.1, 0.15) is 11.4 Å². The molecule has 0 saturated carbocycles. The molecule has 0 fully saturated rings. The largest absolute Gasteiger partial charge is 0.333 e. The van der Waals surface area contributed by atoms with E-state index in [4.69, 9.17) is 4.52 Å². The lowest BCUT2D eigenvalue weighted by molar-refractivity contribution is 0.431. The molecule has 0 radical (unpaired) electrons. The van der Waals surface area contributed by atoms with Crippen LogP contribution in [0.25, 0.3) is 45.0 Å². The van der Waals surface area contributed by atoms with Gasteiger partial charge in [-0.3, -0.25) is 9.78 Å². The summed E-state index contributed by atoms with van der Waals surface area (Å²) in [4.78, 5) is 28.1. The second-order valence-electron chi connectivity index (χ2n) is 6.20. The molecule has 7 heteroatoms. The lowest BCUT2D eigenvalue weighted by Gasteiger charge is -2.00. The summed E-state index contributed by atoms with van der Waals surface area (Å²) in [6.45, 7) is 0. The van der Waals surface area contributed by atoms with Crippen LogP contribution in [0.15, 0.2) is 82.5 Å². The predicted octanol–water partition coefficient (Wildman–Crippen LogP) is 3.70. The molecule has 134 valence electrons. The van der Waals surface area contributed by atoms with Gasteiger partial charge in [0.05, 0.1) is 0 Å². The maximum atomic E-state index is 12.5. The van der Waals surface area contributed by atoms with Gasteiger partial charge < -0.3 is 9.51 Å². The van der Waals surface area contributed by atoms with Crippen molar-refractivity contribution in [2.45, 2.75) is 0 Å². The third-order valence-corrected chi connectivity index (χ3v) is 4.40. The number of hydrogen-bond acceptors (Lipinski definition) is 6. The number of aromatic nitrogens is 5. The number of benzene rings is 2. The summed E-state index contributed by atoms with van der Waals surface area (Å²) in [5, 5.41) is 6.05. The molecule has 2 aromatic carbocycles. The Balaban J connectivity index is 1.51. The molecular weight excluding hydrogens is 354 g/mol. The lowest BCUT2D eigenvalue weighted by Crippen LogP contribution is -2.11. The van der Waals surface area contributed by atoms with E-state index in [-0.39, 0.29) is 17.0 Å². The molecule has 3 aromatic heterocycles. The fraction of sp³-hybridized carbons (Fsp3) is 0. The Kier molecular flexibility index (Phi) is 3.76. The smallest absolute Gasteiger partial charge is 0.265 e. The molecule has 0 aliphatic rings. The van der Waals surface area contributed by atoms with Crippen LogP contribution in [0.5, 0.6) is 0 Å². The SMILES string of the molecule is O=c1[nH]c(-c2ccccc2)ncc1-c1nc(-c2ccc3cnccc3c2)no1. The highest BCUT2D eigenvalue weighted by atomic mass is 16.5. The molecule has 0 aliphatic heterocycles. The molecule has 3 heterocycles. The zero-order valence-electron chi connectivity index (χ0n) is 14.5. The van der Waals surface area contributed by atoms with Crippen molar-refractivity contribution in [1.82, 2.24) is 25.1 Å². The molecule has 7 nitrogen and oxygen atoms in total. The lowest BCUT2D eigenvalue weighted by atomic mass is 10.1. The summed E-state index contributed by atoms with van der Waals surface area (Å²) in [7, 11) is 0. The molecule has 0 saturated heterocycles. The van der Waals surface area contributed by atoms with Gasteiger partial charge in [-0.15, -0.1) is 0 Å². The summed E-state index contributed by atoms with van der Waals surface area (Å²) >= 11 is 0. The van der Waals surface area contributed by atoms with Crippen LogP contribution in [0.4, 0.5) is 0 Å². The van der Waals surface area contributed by atoms with E-state index in [1.54, 1.807) is 12.4 Å². The van der Waals surface area contributed by atoms with Gasteiger partial charge in [0.2, 0.25) is 5.82 Å². The van der Waals surface area contributed by atoms with E-state index in [0.717, 1.165) is 21.9 Å². The summed E-state index contributed by atoms with van der Waals surface area (Å²) in [5.74, 6) is 1.01. The van der Waals surface area contributed by atoms with Crippen molar-refractivity contribution in [3.63, 3.8) is 0 Å². The number of nitrogens with zero attached hydrogens (tertiary/aromatic N) is 4. The second kappa shape index (κ2) is 6.55. The molecular formula is C21H13N5O2. The minimum absolute atomic E-state index is 0.123. The maximum absolute atomic E-state index is 12.5. The molecule has 5 rings (SSSR count). The quantitative estimate of drug-likeness (QED) is 0.522. The van der Waals surface area contributed by atoms with Gasteiger partial charge in [-0.2, -0.15) is 4.98 Å². The van der Waals surface area contributed by atoms with Crippen LogP contribution in [-0.2, 0) is 0 Å². The summed E-state index contributed by atoms with van der Waals surface area (Å²) in [6.07, 6.45) is 4.97. The van der Waals surface area contributed by atoms with Crippen LogP contribution in [0, 0.1) is 0 Å². The Labute approximate surface area is 158 Å². The van der Waals surface area contributed by atoms with Gasteiger partial charge >= 0.3 is 0 Å². The third kappa shape index (κ3) is 2.84. The van der Waals surface area contributed by atoms with Crippen molar-refractivity contribution in [2.24, 2.45) is 0 Å². The van der Waals surface area contributed by atoms with Crippen LogP contribution in [0.2, 0.25) is 0 Å². The Bertz CT molecular complexity index is 1340. The fourth-order valence-corrected chi connectivity index (χ4v) is 2.96. The van der Waals surface area contributed by atoms with E-state index in [1.165, 1.54) is 6.20 Å². The molecule has 0 amide bonds. The van der Waals surface area contributed by atoms with Crippen molar-refractivity contribution >= 4 is 10.8 Å². The number of fused-ring (bicyclic) bond motifs is 1. The van der Waals surface area contributed by atoms with Gasteiger partial charge in [-0.05, 0) is 17.5 Å². The third-order valence-electron chi connectivity index (χ3n) is 4.40. The molecule has 0 atom stereocenters. The zero-order valence-corrected chi connectivity index (χ0v) is 14.5. The topological polar surface area (TPSA) is 97.6 Å². The van der Waals surface area contributed by atoms with Gasteiger partial charge in [-0.1, -0.05) is 47.6 Å². The monoisotopic (exact) mass is 367 g/mol. The van der Waals surface area contributed by atoms with Crippen LogP contribution in [-0.4, -0.2) is 25.1 Å². The first kappa shape index (κ1) is 16.1. The van der Waals surface area contributed by atoms with Crippen LogP contribution >= 0.6 is 0 Å². The molecule has 5 aromatic rings. The van der Waals surface area contributed by atoms with Crippen molar-refractivity contribution in [1.29, 1.82) is 0 Å². The summed E-state index contributed by atoms with van der Waals surface area (Å²) in [5.41, 5.74) is 1.50. The van der Waals surface area contributed by atoms with Crippen molar-refractivity contribution < 1.29 is 4.52 Å². The van der Waals surface area contributed by atoms with Crippen molar-refractivity contribution in [3.8, 4) is 34.2 Å². The standard InChI is InChI=1S/C21H13N5O2/c27-20-17(12-23-18(24-20)13-4-2-1-3-5-13)21-25-19(26-28-21)15-6-7-16-11-22-9-8-14(16)10-15/h1-12H,(H,23,24,27). The second-order valence-corrected chi connectivity index (χ2v) is 6.20. The number of pyridine rings is 1. The first-order chi connectivity index (χ1) is 13.8. The summed E-state index contributed by atoms with van der Waals surface area (Å²) in [6, 6.07) is 17.1. The van der Waals surface area contributed by atoms with Gasteiger partial charge in [0, 0.05) is 35.1 Å².